The Morgan fingerprint density at radius 3 is 2.74 bits per heavy atom. The first-order chi connectivity index (χ1) is 8.94. The van der Waals surface area contributed by atoms with Gasteiger partial charge in [0.25, 0.3) is 0 Å². The van der Waals surface area contributed by atoms with Gasteiger partial charge in [-0.05, 0) is 40.8 Å². The Bertz CT molecular complexity index is 541. The van der Waals surface area contributed by atoms with E-state index in [9.17, 15) is 8.42 Å². The molecule has 0 spiro atoms. The molecule has 2 unspecified atom stereocenters. The van der Waals surface area contributed by atoms with Gasteiger partial charge in [-0.1, -0.05) is 19.8 Å². The summed E-state index contributed by atoms with van der Waals surface area (Å²) in [6, 6.07) is 1.55. The summed E-state index contributed by atoms with van der Waals surface area (Å²) in [7, 11) is -3.51. The third-order valence-electron chi connectivity index (χ3n) is 3.57. The van der Waals surface area contributed by atoms with E-state index in [0.29, 0.717) is 14.6 Å². The standard InChI is InChI=1S/C12H18BrNO3S2/c1-8-4-2-3-5-10(8)14-19(16,17)11-6-9(7-15)18-12(11)13/h6,8,10,14-15H,2-5,7H2,1H3. The molecule has 0 saturated heterocycles. The minimum absolute atomic E-state index is 0.0168. The molecule has 1 saturated carbocycles. The summed E-state index contributed by atoms with van der Waals surface area (Å²) in [5.41, 5.74) is 0. The van der Waals surface area contributed by atoms with E-state index in [-0.39, 0.29) is 17.5 Å². The van der Waals surface area contributed by atoms with Gasteiger partial charge < -0.3 is 5.11 Å². The minimum atomic E-state index is -3.51. The molecule has 0 radical (unpaired) electrons. The fourth-order valence-electron chi connectivity index (χ4n) is 2.41. The van der Waals surface area contributed by atoms with Gasteiger partial charge in [0.15, 0.2) is 0 Å². The van der Waals surface area contributed by atoms with Crippen LogP contribution in [-0.2, 0) is 16.6 Å². The Labute approximate surface area is 126 Å². The number of thiophene rings is 1. The normalized spacial score (nSPS) is 24.6. The van der Waals surface area contributed by atoms with E-state index in [4.69, 9.17) is 5.11 Å². The molecule has 0 bridgehead atoms. The minimum Gasteiger partial charge on any atom is -0.391 e. The fraction of sp³-hybridized carbons (Fsp3) is 0.667. The average molecular weight is 368 g/mol. The Morgan fingerprint density at radius 2 is 2.16 bits per heavy atom. The summed E-state index contributed by atoms with van der Waals surface area (Å²) >= 11 is 4.51. The van der Waals surface area contributed by atoms with Crippen molar-refractivity contribution in [2.24, 2.45) is 5.92 Å². The second-order valence-electron chi connectivity index (χ2n) is 5.00. The van der Waals surface area contributed by atoms with Crippen LogP contribution in [-0.4, -0.2) is 19.6 Å². The highest BCUT2D eigenvalue weighted by Crippen LogP contribution is 2.33. The Morgan fingerprint density at radius 1 is 1.47 bits per heavy atom. The van der Waals surface area contributed by atoms with Crippen molar-refractivity contribution in [2.45, 2.75) is 50.2 Å². The molecule has 0 aromatic carbocycles. The summed E-state index contributed by atoms with van der Waals surface area (Å²) in [4.78, 5) is 0.878. The molecular formula is C12H18BrNO3S2. The molecule has 1 aliphatic rings. The van der Waals surface area contributed by atoms with E-state index in [2.05, 4.69) is 27.6 Å². The first kappa shape index (κ1) is 15.4. The van der Waals surface area contributed by atoms with Crippen molar-refractivity contribution in [3.8, 4) is 0 Å². The van der Waals surface area contributed by atoms with Crippen LogP contribution >= 0.6 is 27.3 Å². The molecule has 1 aromatic rings. The summed E-state index contributed by atoms with van der Waals surface area (Å²) < 4.78 is 28.1. The highest BCUT2D eigenvalue weighted by atomic mass is 79.9. The van der Waals surface area contributed by atoms with E-state index in [1.54, 1.807) is 0 Å². The predicted octanol–water partition coefficient (Wildman–Crippen LogP) is 2.86. The first-order valence-electron chi connectivity index (χ1n) is 6.35. The van der Waals surface area contributed by atoms with E-state index >= 15 is 0 Å². The first-order valence-corrected chi connectivity index (χ1v) is 9.44. The number of hydrogen-bond acceptors (Lipinski definition) is 4. The van der Waals surface area contributed by atoms with Crippen LogP contribution in [0.5, 0.6) is 0 Å². The molecule has 108 valence electrons. The Kier molecular flexibility index (Phi) is 5.05. The zero-order chi connectivity index (χ0) is 14.0. The number of halogens is 1. The lowest BCUT2D eigenvalue weighted by Crippen LogP contribution is -2.40. The van der Waals surface area contributed by atoms with Crippen LogP contribution in [0.15, 0.2) is 14.7 Å². The number of rotatable bonds is 4. The number of nitrogens with one attached hydrogen (secondary N) is 1. The van der Waals surface area contributed by atoms with Gasteiger partial charge >= 0.3 is 0 Å². The van der Waals surface area contributed by atoms with E-state index < -0.39 is 10.0 Å². The topological polar surface area (TPSA) is 66.4 Å². The van der Waals surface area contributed by atoms with Gasteiger partial charge in [-0.2, -0.15) is 0 Å². The van der Waals surface area contributed by atoms with Crippen LogP contribution in [0.2, 0.25) is 0 Å². The van der Waals surface area contributed by atoms with Gasteiger partial charge in [-0.15, -0.1) is 11.3 Å². The van der Waals surface area contributed by atoms with Crippen molar-refractivity contribution >= 4 is 37.3 Å². The third kappa shape index (κ3) is 3.58. The molecule has 4 nitrogen and oxygen atoms in total. The molecule has 1 aromatic heterocycles. The van der Waals surface area contributed by atoms with Crippen LogP contribution in [0.4, 0.5) is 0 Å². The van der Waals surface area contributed by atoms with Crippen LogP contribution in [0.3, 0.4) is 0 Å². The summed E-state index contributed by atoms with van der Waals surface area (Å²) in [5, 5.41) is 9.08. The number of aliphatic hydroxyl groups excluding tert-OH is 1. The van der Waals surface area contributed by atoms with Gasteiger partial charge in [0.1, 0.15) is 4.90 Å². The maximum atomic E-state index is 12.4. The lowest BCUT2D eigenvalue weighted by Gasteiger charge is -2.29. The Hall–Kier alpha value is 0.0500. The van der Waals surface area contributed by atoms with Crippen molar-refractivity contribution in [1.29, 1.82) is 0 Å². The molecule has 2 rings (SSSR count). The molecule has 7 heteroatoms. The third-order valence-corrected chi connectivity index (χ3v) is 7.30. The largest absolute Gasteiger partial charge is 0.391 e. The van der Waals surface area contributed by atoms with E-state index in [1.807, 2.05) is 0 Å². The molecule has 1 heterocycles. The quantitative estimate of drug-likeness (QED) is 0.859. The molecule has 0 amide bonds. The molecule has 2 N–H and O–H groups in total. The van der Waals surface area contributed by atoms with Gasteiger partial charge in [0, 0.05) is 10.9 Å². The fourth-order valence-corrected chi connectivity index (χ4v) is 6.33. The molecule has 19 heavy (non-hydrogen) atoms. The van der Waals surface area contributed by atoms with Gasteiger partial charge in [-0.25, -0.2) is 13.1 Å². The summed E-state index contributed by atoms with van der Waals surface area (Å²) in [6.07, 6.45) is 4.22. The van der Waals surface area contributed by atoms with Crippen molar-refractivity contribution in [3.63, 3.8) is 0 Å². The maximum Gasteiger partial charge on any atom is 0.242 e. The molecule has 2 atom stereocenters. The van der Waals surface area contributed by atoms with E-state index in [0.717, 1.165) is 19.3 Å². The van der Waals surface area contributed by atoms with Gasteiger partial charge in [-0.3, -0.25) is 0 Å². The zero-order valence-electron chi connectivity index (χ0n) is 10.7. The van der Waals surface area contributed by atoms with Gasteiger partial charge in [0.2, 0.25) is 10.0 Å². The van der Waals surface area contributed by atoms with Crippen molar-refractivity contribution < 1.29 is 13.5 Å². The lowest BCUT2D eigenvalue weighted by molar-refractivity contribution is 0.285. The highest BCUT2D eigenvalue weighted by Gasteiger charge is 2.28. The van der Waals surface area contributed by atoms with Crippen LogP contribution < -0.4 is 4.72 Å². The molecular weight excluding hydrogens is 350 g/mol. The number of sulfonamides is 1. The second kappa shape index (κ2) is 6.22. The SMILES string of the molecule is CC1CCCCC1NS(=O)(=O)c1cc(CO)sc1Br. The Balaban J connectivity index is 2.19. The number of aliphatic hydroxyl groups is 1. The van der Waals surface area contributed by atoms with Crippen molar-refractivity contribution in [1.82, 2.24) is 4.72 Å². The van der Waals surface area contributed by atoms with Crippen LogP contribution in [0.1, 0.15) is 37.5 Å². The smallest absolute Gasteiger partial charge is 0.242 e. The summed E-state index contributed by atoms with van der Waals surface area (Å²) in [5.74, 6) is 0.373. The molecule has 1 fully saturated rings. The summed E-state index contributed by atoms with van der Waals surface area (Å²) in [6.45, 7) is 1.95. The van der Waals surface area contributed by atoms with Crippen LogP contribution in [0.25, 0.3) is 0 Å². The van der Waals surface area contributed by atoms with Crippen molar-refractivity contribution in [3.05, 3.63) is 14.7 Å². The molecule has 1 aliphatic carbocycles. The predicted molar refractivity (Wildman–Crippen MR) is 79.7 cm³/mol. The maximum absolute atomic E-state index is 12.4. The second-order valence-corrected chi connectivity index (χ2v) is 9.14. The highest BCUT2D eigenvalue weighted by molar-refractivity contribution is 9.11. The molecule has 0 aliphatic heterocycles. The average Bonchev–Trinajstić information content (AvgIpc) is 2.74. The van der Waals surface area contributed by atoms with Crippen LogP contribution in [0, 0.1) is 5.92 Å². The number of hydrogen-bond donors (Lipinski definition) is 2. The van der Waals surface area contributed by atoms with Gasteiger partial charge in [0.05, 0.1) is 10.4 Å². The monoisotopic (exact) mass is 367 g/mol. The van der Waals surface area contributed by atoms with E-state index in [1.165, 1.54) is 23.8 Å². The zero-order valence-corrected chi connectivity index (χ0v) is 13.9. The lowest BCUT2D eigenvalue weighted by atomic mass is 9.87. The van der Waals surface area contributed by atoms with Crippen molar-refractivity contribution in [2.75, 3.05) is 0 Å².